The third-order valence-electron chi connectivity index (χ3n) is 4.21. The van der Waals surface area contributed by atoms with E-state index in [9.17, 15) is 4.79 Å². The minimum atomic E-state index is -0.0777. The average molecular weight is 375 g/mol. The molecule has 0 fully saturated rings. The molecule has 0 radical (unpaired) electrons. The lowest BCUT2D eigenvalue weighted by Gasteiger charge is -2.23. The molecular formula is C19H22N2O2S2. The second kappa shape index (κ2) is 8.06. The Balaban J connectivity index is 1.50. The van der Waals surface area contributed by atoms with Gasteiger partial charge in [0, 0.05) is 35.7 Å². The van der Waals surface area contributed by atoms with Gasteiger partial charge in [-0.1, -0.05) is 18.2 Å². The van der Waals surface area contributed by atoms with Crippen LogP contribution < -0.4 is 0 Å². The van der Waals surface area contributed by atoms with Crippen molar-refractivity contribution in [3.8, 4) is 0 Å². The Bertz CT molecular complexity index is 823. The summed E-state index contributed by atoms with van der Waals surface area (Å²) >= 11 is 3.42. The Labute approximate surface area is 156 Å². The number of amides is 1. The summed E-state index contributed by atoms with van der Waals surface area (Å²) < 4.78 is 5.88. The van der Waals surface area contributed by atoms with Gasteiger partial charge >= 0.3 is 0 Å². The first kappa shape index (κ1) is 18.0. The van der Waals surface area contributed by atoms with Crippen molar-refractivity contribution in [3.05, 3.63) is 52.2 Å². The fourth-order valence-corrected chi connectivity index (χ4v) is 4.14. The number of para-hydroxylation sites is 1. The topological polar surface area (TPSA) is 46.3 Å². The van der Waals surface area contributed by atoms with Crippen LogP contribution in [0.1, 0.15) is 35.8 Å². The van der Waals surface area contributed by atoms with Gasteiger partial charge in [0.05, 0.1) is 16.7 Å². The maximum atomic E-state index is 12.4. The highest BCUT2D eigenvalue weighted by molar-refractivity contribution is 7.98. The van der Waals surface area contributed by atoms with Crippen molar-refractivity contribution in [3.63, 3.8) is 0 Å². The molecule has 25 heavy (non-hydrogen) atoms. The van der Waals surface area contributed by atoms with Crippen LogP contribution in [0.4, 0.5) is 0 Å². The molecule has 2 heterocycles. The maximum absolute atomic E-state index is 12.4. The number of aromatic nitrogens is 1. The van der Waals surface area contributed by atoms with Gasteiger partial charge in [0.2, 0.25) is 5.91 Å². The Morgan fingerprint density at radius 3 is 2.92 bits per heavy atom. The minimum Gasteiger partial charge on any atom is -0.459 e. The van der Waals surface area contributed by atoms with Gasteiger partial charge in [-0.3, -0.25) is 4.79 Å². The number of carbonyl (C=O) groups excluding carboxylic acids is 1. The zero-order valence-electron chi connectivity index (χ0n) is 14.7. The molecule has 0 N–H and O–H groups in total. The Morgan fingerprint density at radius 1 is 1.40 bits per heavy atom. The average Bonchev–Trinajstić information content (AvgIpc) is 3.23. The van der Waals surface area contributed by atoms with Crippen LogP contribution in [0, 0.1) is 6.92 Å². The summed E-state index contributed by atoms with van der Waals surface area (Å²) in [5.74, 6) is 2.62. The van der Waals surface area contributed by atoms with Crippen LogP contribution in [-0.2, 0) is 10.5 Å². The normalized spacial score (nSPS) is 12.4. The lowest BCUT2D eigenvalue weighted by Crippen LogP contribution is -2.29. The number of carbonyl (C=O) groups is 1. The second-order valence-electron chi connectivity index (χ2n) is 6.03. The fourth-order valence-electron chi connectivity index (χ4n) is 2.60. The summed E-state index contributed by atoms with van der Waals surface area (Å²) in [6.07, 6.45) is 0.523. The predicted molar refractivity (Wildman–Crippen MR) is 105 cm³/mol. The fraction of sp³-hybridized carbons (Fsp3) is 0.368. The Hall–Kier alpha value is -1.79. The van der Waals surface area contributed by atoms with Crippen molar-refractivity contribution in [1.29, 1.82) is 0 Å². The molecular weight excluding hydrogens is 352 g/mol. The highest BCUT2D eigenvalue weighted by Crippen LogP contribution is 2.27. The van der Waals surface area contributed by atoms with Gasteiger partial charge in [0.15, 0.2) is 0 Å². The molecule has 6 heteroatoms. The molecule has 0 spiro atoms. The van der Waals surface area contributed by atoms with Crippen molar-refractivity contribution in [2.45, 2.75) is 32.1 Å². The third kappa shape index (κ3) is 4.44. The van der Waals surface area contributed by atoms with E-state index in [0.29, 0.717) is 6.42 Å². The SMILES string of the molecule is Cc1nc(CSCCC(=O)N(C)[C@@H](C)c2cc3ccccc3o2)cs1. The van der Waals surface area contributed by atoms with Crippen molar-refractivity contribution in [1.82, 2.24) is 9.88 Å². The molecule has 0 aliphatic carbocycles. The molecule has 132 valence electrons. The van der Waals surface area contributed by atoms with Crippen LogP contribution in [0.3, 0.4) is 0 Å². The number of nitrogens with zero attached hydrogens (tertiary/aromatic N) is 2. The van der Waals surface area contributed by atoms with Crippen LogP contribution in [0.15, 0.2) is 40.1 Å². The first-order valence-corrected chi connectivity index (χ1v) is 10.3. The number of furan rings is 1. The van der Waals surface area contributed by atoms with E-state index in [-0.39, 0.29) is 11.9 Å². The van der Waals surface area contributed by atoms with Gasteiger partial charge in [-0.25, -0.2) is 4.98 Å². The maximum Gasteiger partial charge on any atom is 0.223 e. The lowest BCUT2D eigenvalue weighted by atomic mass is 10.2. The van der Waals surface area contributed by atoms with Gasteiger partial charge in [-0.15, -0.1) is 11.3 Å². The number of thioether (sulfide) groups is 1. The highest BCUT2D eigenvalue weighted by atomic mass is 32.2. The number of hydrogen-bond acceptors (Lipinski definition) is 5. The number of thiazole rings is 1. The summed E-state index contributed by atoms with van der Waals surface area (Å²) in [5, 5.41) is 4.24. The molecule has 4 nitrogen and oxygen atoms in total. The van der Waals surface area contributed by atoms with E-state index < -0.39 is 0 Å². The zero-order valence-corrected chi connectivity index (χ0v) is 16.3. The molecule has 3 aromatic rings. The quantitative estimate of drug-likeness (QED) is 0.544. The van der Waals surface area contributed by atoms with Crippen molar-refractivity contribution >= 4 is 40.0 Å². The monoisotopic (exact) mass is 374 g/mol. The molecule has 0 aliphatic rings. The number of hydrogen-bond donors (Lipinski definition) is 0. The molecule has 2 aromatic heterocycles. The van der Waals surface area contributed by atoms with E-state index >= 15 is 0 Å². The summed E-state index contributed by atoms with van der Waals surface area (Å²) in [4.78, 5) is 18.7. The zero-order chi connectivity index (χ0) is 17.8. The predicted octanol–water partition coefficient (Wildman–Crippen LogP) is 5.04. The standard InChI is InChI=1S/C19H22N2O2S2/c1-13(18-10-15-6-4-5-7-17(15)23-18)21(3)19(22)8-9-24-11-16-12-25-14(2)20-16/h4-7,10,12-13H,8-9,11H2,1-3H3/t13-/m0/s1. The molecule has 3 rings (SSSR count). The Kier molecular flexibility index (Phi) is 5.81. The molecule has 0 saturated carbocycles. The minimum absolute atomic E-state index is 0.0777. The first-order chi connectivity index (χ1) is 12.0. The van der Waals surface area contributed by atoms with E-state index in [4.69, 9.17) is 4.42 Å². The van der Waals surface area contributed by atoms with E-state index in [1.54, 1.807) is 28.0 Å². The number of fused-ring (bicyclic) bond motifs is 1. The van der Waals surface area contributed by atoms with Gasteiger partial charge in [0.25, 0.3) is 0 Å². The summed E-state index contributed by atoms with van der Waals surface area (Å²) in [7, 11) is 1.84. The summed E-state index contributed by atoms with van der Waals surface area (Å²) in [6, 6.07) is 9.85. The van der Waals surface area contributed by atoms with E-state index in [0.717, 1.165) is 38.9 Å². The van der Waals surface area contributed by atoms with Crippen molar-refractivity contribution in [2.24, 2.45) is 0 Å². The van der Waals surface area contributed by atoms with Crippen molar-refractivity contribution in [2.75, 3.05) is 12.8 Å². The van der Waals surface area contributed by atoms with Gasteiger partial charge in [0.1, 0.15) is 11.3 Å². The second-order valence-corrected chi connectivity index (χ2v) is 8.20. The molecule has 0 saturated heterocycles. The number of aryl methyl sites for hydroxylation is 1. The summed E-state index contributed by atoms with van der Waals surface area (Å²) in [5.41, 5.74) is 1.96. The molecule has 0 bridgehead atoms. The molecule has 0 aliphatic heterocycles. The van der Waals surface area contributed by atoms with Crippen LogP contribution in [0.2, 0.25) is 0 Å². The third-order valence-corrected chi connectivity index (χ3v) is 6.02. The lowest BCUT2D eigenvalue weighted by molar-refractivity contribution is -0.131. The van der Waals surface area contributed by atoms with Crippen LogP contribution in [-0.4, -0.2) is 28.6 Å². The van der Waals surface area contributed by atoms with Crippen LogP contribution >= 0.6 is 23.1 Å². The molecule has 1 amide bonds. The Morgan fingerprint density at radius 2 is 2.20 bits per heavy atom. The largest absolute Gasteiger partial charge is 0.459 e. The van der Waals surface area contributed by atoms with Gasteiger partial charge < -0.3 is 9.32 Å². The van der Waals surface area contributed by atoms with E-state index in [2.05, 4.69) is 10.4 Å². The molecule has 0 unspecified atom stereocenters. The van der Waals surface area contributed by atoms with Crippen LogP contribution in [0.25, 0.3) is 11.0 Å². The van der Waals surface area contributed by atoms with Gasteiger partial charge in [-0.05, 0) is 26.0 Å². The smallest absolute Gasteiger partial charge is 0.223 e. The number of benzene rings is 1. The molecule has 1 aromatic carbocycles. The van der Waals surface area contributed by atoms with Gasteiger partial charge in [-0.2, -0.15) is 11.8 Å². The highest BCUT2D eigenvalue weighted by Gasteiger charge is 2.20. The van der Waals surface area contributed by atoms with Crippen LogP contribution in [0.5, 0.6) is 0 Å². The summed E-state index contributed by atoms with van der Waals surface area (Å²) in [6.45, 7) is 4.01. The first-order valence-electron chi connectivity index (χ1n) is 8.27. The van der Waals surface area contributed by atoms with Crippen molar-refractivity contribution < 1.29 is 9.21 Å². The van der Waals surface area contributed by atoms with E-state index in [1.807, 2.05) is 51.2 Å². The number of rotatable bonds is 7. The molecule has 1 atom stereocenters. The van der Waals surface area contributed by atoms with E-state index in [1.165, 1.54) is 0 Å².